The summed E-state index contributed by atoms with van der Waals surface area (Å²) in [5.74, 6) is -0.414. The number of ether oxygens (including phenoxy) is 1. The number of halogens is 2. The van der Waals surface area contributed by atoms with Crippen molar-refractivity contribution >= 4 is 44.8 Å². The molecule has 4 rings (SSSR count). The molecular formula is C25H31BF2N2O3P. The second-order valence-electron chi connectivity index (χ2n) is 9.65. The zero-order chi connectivity index (χ0) is 24.5. The molecule has 181 valence electrons. The fourth-order valence-electron chi connectivity index (χ4n) is 5.01. The van der Waals surface area contributed by atoms with Crippen molar-refractivity contribution in [2.75, 3.05) is 6.61 Å². The fourth-order valence-corrected chi connectivity index (χ4v) is 5.15. The Morgan fingerprint density at radius 3 is 2.53 bits per heavy atom. The molecule has 1 radical (unpaired) electrons. The summed E-state index contributed by atoms with van der Waals surface area (Å²) in [5.41, 5.74) is -2.00. The van der Waals surface area contributed by atoms with E-state index in [2.05, 4.69) is 17.6 Å². The van der Waals surface area contributed by atoms with Gasteiger partial charge in [-0.15, -0.1) is 0 Å². The molecule has 2 aromatic rings. The van der Waals surface area contributed by atoms with Crippen LogP contribution in [-0.2, 0) is 20.0 Å². The molecule has 0 bridgehead atoms. The van der Waals surface area contributed by atoms with E-state index in [1.54, 1.807) is 22.2 Å². The van der Waals surface area contributed by atoms with Crippen LogP contribution >= 0.6 is 9.24 Å². The Hall–Kier alpha value is -2.08. The SMILES string of the molecule is CCOC(=O)C1(C(=O)NC2CCC([B]c3cc(C(F)(F)P)nc4ccc(C)cc34)CC2)CCC1. The van der Waals surface area contributed by atoms with E-state index in [1.807, 2.05) is 19.1 Å². The van der Waals surface area contributed by atoms with Crippen molar-refractivity contribution in [3.63, 3.8) is 0 Å². The van der Waals surface area contributed by atoms with Gasteiger partial charge in [0.25, 0.3) is 5.66 Å². The van der Waals surface area contributed by atoms with E-state index in [4.69, 9.17) is 4.74 Å². The van der Waals surface area contributed by atoms with Gasteiger partial charge in [-0.2, -0.15) is 8.78 Å². The van der Waals surface area contributed by atoms with Crippen molar-refractivity contribution in [1.82, 2.24) is 10.3 Å². The number of alkyl halides is 2. The molecular weight excluding hydrogens is 456 g/mol. The van der Waals surface area contributed by atoms with Gasteiger partial charge in [-0.1, -0.05) is 57.5 Å². The molecule has 1 atom stereocenters. The summed E-state index contributed by atoms with van der Waals surface area (Å²) in [6, 6.07) is 7.14. The molecule has 0 spiro atoms. The lowest BCUT2D eigenvalue weighted by Gasteiger charge is -2.39. The summed E-state index contributed by atoms with van der Waals surface area (Å²) >= 11 is 0. The molecule has 2 fully saturated rings. The number of aryl methyl sites for hydroxylation is 1. The lowest BCUT2D eigenvalue weighted by Crippen LogP contribution is -2.54. The highest BCUT2D eigenvalue weighted by Gasteiger charge is 2.52. The van der Waals surface area contributed by atoms with Crippen LogP contribution < -0.4 is 10.8 Å². The van der Waals surface area contributed by atoms with Crippen LogP contribution in [0.25, 0.3) is 10.9 Å². The normalized spacial score (nSPS) is 22.0. The molecule has 1 unspecified atom stereocenters. The minimum Gasteiger partial charge on any atom is -0.465 e. The molecule has 34 heavy (non-hydrogen) atoms. The summed E-state index contributed by atoms with van der Waals surface area (Å²) in [4.78, 5) is 29.5. The average molecular weight is 487 g/mol. The Morgan fingerprint density at radius 1 is 1.24 bits per heavy atom. The van der Waals surface area contributed by atoms with Crippen LogP contribution in [0, 0.1) is 12.3 Å². The van der Waals surface area contributed by atoms with E-state index in [0.717, 1.165) is 48.5 Å². The number of pyridine rings is 1. The van der Waals surface area contributed by atoms with E-state index in [-0.39, 0.29) is 30.1 Å². The lowest BCUT2D eigenvalue weighted by atomic mass is 9.53. The first-order chi connectivity index (χ1) is 16.1. The van der Waals surface area contributed by atoms with Crippen molar-refractivity contribution < 1.29 is 23.1 Å². The van der Waals surface area contributed by atoms with Crippen LogP contribution in [0.4, 0.5) is 8.78 Å². The topological polar surface area (TPSA) is 68.3 Å². The van der Waals surface area contributed by atoms with Crippen molar-refractivity contribution in [1.29, 1.82) is 0 Å². The van der Waals surface area contributed by atoms with Crippen molar-refractivity contribution in [2.45, 2.75) is 76.3 Å². The predicted molar refractivity (Wildman–Crippen MR) is 133 cm³/mol. The Morgan fingerprint density at radius 2 is 1.94 bits per heavy atom. The number of carbonyl (C=O) groups is 2. The molecule has 2 saturated carbocycles. The monoisotopic (exact) mass is 487 g/mol. The molecule has 0 saturated heterocycles. The third-order valence-corrected chi connectivity index (χ3v) is 7.46. The van der Waals surface area contributed by atoms with Crippen LogP contribution in [0.15, 0.2) is 24.3 Å². The number of nitrogens with zero attached hydrogens (tertiary/aromatic N) is 1. The third-order valence-electron chi connectivity index (χ3n) is 7.17. The maximum atomic E-state index is 14.0. The molecule has 1 aromatic carbocycles. The zero-order valence-electron chi connectivity index (χ0n) is 19.7. The van der Waals surface area contributed by atoms with E-state index in [9.17, 15) is 18.4 Å². The second kappa shape index (κ2) is 9.89. The highest BCUT2D eigenvalue weighted by atomic mass is 31.0. The second-order valence-corrected chi connectivity index (χ2v) is 10.4. The number of amides is 1. The Kier molecular flexibility index (Phi) is 7.28. The van der Waals surface area contributed by atoms with E-state index >= 15 is 0 Å². The molecule has 1 N–H and O–H groups in total. The van der Waals surface area contributed by atoms with E-state index in [1.165, 1.54) is 6.07 Å². The van der Waals surface area contributed by atoms with Crippen LogP contribution in [-0.4, -0.2) is 36.8 Å². The Labute approximate surface area is 202 Å². The number of nitrogens with one attached hydrogen (secondary N) is 1. The quantitative estimate of drug-likeness (QED) is 0.273. The number of benzene rings is 1. The van der Waals surface area contributed by atoms with Gasteiger partial charge in [0.15, 0.2) is 7.28 Å². The molecule has 2 aliphatic rings. The first kappa shape index (κ1) is 25.0. The average Bonchev–Trinajstić information content (AvgIpc) is 2.74. The number of hydrogen-bond donors (Lipinski definition) is 1. The Bertz CT molecular complexity index is 1080. The molecule has 9 heteroatoms. The molecule has 0 aliphatic heterocycles. The van der Waals surface area contributed by atoms with Gasteiger partial charge in [0, 0.05) is 6.04 Å². The minimum atomic E-state index is -3.10. The maximum absolute atomic E-state index is 14.0. The standard InChI is InChI=1S/C25H31BF2N2O3P/c1-3-33-23(32)24(11-4-12-24)22(31)29-17-8-6-16(7-9-17)26-19-14-21(25(27,28)34)30-20-10-5-15(2)13-18(19)20/h5,10,13-14,16-17H,3-4,6-9,11-12,34H2,1-2H3,(H,29,31). The summed E-state index contributed by atoms with van der Waals surface area (Å²) in [5, 5.41) is 3.96. The molecule has 5 nitrogen and oxygen atoms in total. The summed E-state index contributed by atoms with van der Waals surface area (Å²) in [6.07, 6.45) is 5.15. The number of fused-ring (bicyclic) bond motifs is 1. The predicted octanol–water partition coefficient (Wildman–Crippen LogP) is 4.38. The maximum Gasteiger partial charge on any atom is 0.321 e. The summed E-state index contributed by atoms with van der Waals surface area (Å²) < 4.78 is 33.2. The highest BCUT2D eigenvalue weighted by Crippen LogP contribution is 2.43. The smallest absolute Gasteiger partial charge is 0.321 e. The Balaban J connectivity index is 1.42. The number of aromatic nitrogens is 1. The van der Waals surface area contributed by atoms with Gasteiger partial charge in [-0.05, 0) is 57.0 Å². The van der Waals surface area contributed by atoms with Gasteiger partial charge < -0.3 is 10.1 Å². The van der Waals surface area contributed by atoms with Crippen LogP contribution in [0.3, 0.4) is 0 Å². The van der Waals surface area contributed by atoms with Crippen molar-refractivity contribution in [3.05, 3.63) is 35.5 Å². The number of rotatable bonds is 7. The fraction of sp³-hybridized carbons (Fsp3) is 0.560. The van der Waals surface area contributed by atoms with Crippen molar-refractivity contribution in [2.24, 2.45) is 5.41 Å². The molecule has 2 aliphatic carbocycles. The van der Waals surface area contributed by atoms with Crippen LogP contribution in [0.5, 0.6) is 0 Å². The number of carbonyl (C=O) groups excluding carboxylic acids is 2. The van der Waals surface area contributed by atoms with Gasteiger partial charge >= 0.3 is 5.97 Å². The van der Waals surface area contributed by atoms with E-state index < -0.39 is 17.0 Å². The number of esters is 1. The molecule has 1 heterocycles. The first-order valence-electron chi connectivity index (χ1n) is 12.0. The third kappa shape index (κ3) is 5.12. The number of hydrogen-bond acceptors (Lipinski definition) is 4. The summed E-state index contributed by atoms with van der Waals surface area (Å²) in [6.45, 7) is 3.99. The highest BCUT2D eigenvalue weighted by molar-refractivity contribution is 7.17. The molecule has 1 amide bonds. The summed E-state index contributed by atoms with van der Waals surface area (Å²) in [7, 11) is 3.65. The largest absolute Gasteiger partial charge is 0.465 e. The van der Waals surface area contributed by atoms with Gasteiger partial charge in [-0.3, -0.25) is 9.59 Å². The zero-order valence-corrected chi connectivity index (χ0v) is 20.9. The van der Waals surface area contributed by atoms with Gasteiger partial charge in [0.2, 0.25) is 5.91 Å². The van der Waals surface area contributed by atoms with Crippen molar-refractivity contribution in [3.8, 4) is 0 Å². The van der Waals surface area contributed by atoms with Gasteiger partial charge in [0.1, 0.15) is 11.1 Å². The van der Waals surface area contributed by atoms with Gasteiger partial charge in [-0.25, -0.2) is 4.98 Å². The van der Waals surface area contributed by atoms with Crippen LogP contribution in [0.2, 0.25) is 5.82 Å². The lowest BCUT2D eigenvalue weighted by molar-refractivity contribution is -0.167. The minimum absolute atomic E-state index is 0.00687. The van der Waals surface area contributed by atoms with Gasteiger partial charge in [0.05, 0.1) is 12.1 Å². The first-order valence-corrected chi connectivity index (χ1v) is 12.6. The van der Waals surface area contributed by atoms with Crippen LogP contribution in [0.1, 0.15) is 63.1 Å². The van der Waals surface area contributed by atoms with E-state index in [0.29, 0.717) is 18.4 Å². The molecule has 1 aromatic heterocycles.